The van der Waals surface area contributed by atoms with Crippen LogP contribution in [0, 0.1) is 0 Å². The van der Waals surface area contributed by atoms with Crippen molar-refractivity contribution in [2.45, 2.75) is 4.21 Å². The highest BCUT2D eigenvalue weighted by molar-refractivity contribution is 7.94. The average Bonchev–Trinajstić information content (AvgIpc) is 3.05. The Hall–Kier alpha value is -2.45. The van der Waals surface area contributed by atoms with E-state index in [-0.39, 0.29) is 9.90 Å². The van der Waals surface area contributed by atoms with E-state index in [1.165, 1.54) is 18.3 Å². The largest absolute Gasteiger partial charge is 0.327 e. The van der Waals surface area contributed by atoms with Crippen LogP contribution in [-0.4, -0.2) is 18.4 Å². The minimum Gasteiger partial charge on any atom is -0.327 e. The second-order valence-corrected chi connectivity index (χ2v) is 7.26. The average molecular weight is 333 g/mol. The standard InChI is InChI=1S/C14H11N3O3S2/c18-14-12(17-22(19,20)13-2-1-7-21-13)8-11(9-16-14)10-3-5-15-6-4-10/h1-9,17H,(H,16,18). The molecule has 0 aliphatic rings. The molecule has 6 nitrogen and oxygen atoms in total. The van der Waals surface area contributed by atoms with Gasteiger partial charge in [-0.3, -0.25) is 14.5 Å². The third kappa shape index (κ3) is 2.92. The molecule has 0 spiro atoms. The van der Waals surface area contributed by atoms with Gasteiger partial charge >= 0.3 is 0 Å². The summed E-state index contributed by atoms with van der Waals surface area (Å²) in [6.07, 6.45) is 4.77. The quantitative estimate of drug-likeness (QED) is 0.766. The molecule has 3 heterocycles. The number of pyridine rings is 2. The lowest BCUT2D eigenvalue weighted by atomic mass is 10.1. The van der Waals surface area contributed by atoms with E-state index in [0.29, 0.717) is 5.56 Å². The molecule has 0 saturated carbocycles. The Labute approximate surface area is 130 Å². The molecule has 0 aliphatic heterocycles. The van der Waals surface area contributed by atoms with Crippen LogP contribution < -0.4 is 10.3 Å². The normalized spacial score (nSPS) is 11.3. The molecule has 3 aromatic heterocycles. The summed E-state index contributed by atoms with van der Waals surface area (Å²) >= 11 is 1.08. The topological polar surface area (TPSA) is 91.9 Å². The van der Waals surface area contributed by atoms with Crippen molar-refractivity contribution in [3.8, 4) is 11.1 Å². The highest BCUT2D eigenvalue weighted by Crippen LogP contribution is 2.22. The molecule has 0 saturated heterocycles. The van der Waals surface area contributed by atoms with Crippen LogP contribution in [0.2, 0.25) is 0 Å². The Morgan fingerprint density at radius 2 is 1.91 bits per heavy atom. The van der Waals surface area contributed by atoms with E-state index in [1.54, 1.807) is 36.0 Å². The van der Waals surface area contributed by atoms with Gasteiger partial charge in [0, 0.05) is 24.2 Å². The third-order valence-electron chi connectivity index (χ3n) is 2.92. The van der Waals surface area contributed by atoms with E-state index < -0.39 is 15.6 Å². The van der Waals surface area contributed by atoms with Gasteiger partial charge in [0.05, 0.1) is 0 Å². The number of thiophene rings is 1. The maximum absolute atomic E-state index is 12.2. The van der Waals surface area contributed by atoms with E-state index in [0.717, 1.165) is 16.9 Å². The van der Waals surface area contributed by atoms with Crippen LogP contribution in [-0.2, 0) is 10.0 Å². The lowest BCUT2D eigenvalue weighted by Crippen LogP contribution is -2.19. The van der Waals surface area contributed by atoms with Gasteiger partial charge in [-0.2, -0.15) is 0 Å². The van der Waals surface area contributed by atoms with Crippen molar-refractivity contribution < 1.29 is 8.42 Å². The number of nitrogens with zero attached hydrogens (tertiary/aromatic N) is 1. The molecule has 0 fully saturated rings. The molecule has 112 valence electrons. The Balaban J connectivity index is 2.00. The number of aromatic nitrogens is 2. The molecule has 3 aromatic rings. The van der Waals surface area contributed by atoms with Gasteiger partial charge in [0.2, 0.25) is 0 Å². The zero-order valence-corrected chi connectivity index (χ0v) is 12.8. The van der Waals surface area contributed by atoms with Crippen molar-refractivity contribution in [1.82, 2.24) is 9.97 Å². The first-order valence-corrected chi connectivity index (χ1v) is 8.62. The van der Waals surface area contributed by atoms with E-state index in [1.807, 2.05) is 0 Å². The molecule has 0 radical (unpaired) electrons. The van der Waals surface area contributed by atoms with E-state index >= 15 is 0 Å². The fourth-order valence-electron chi connectivity index (χ4n) is 1.88. The summed E-state index contributed by atoms with van der Waals surface area (Å²) in [7, 11) is -3.76. The first-order valence-electron chi connectivity index (χ1n) is 6.26. The Bertz CT molecular complexity index is 933. The van der Waals surface area contributed by atoms with Crippen LogP contribution in [0.1, 0.15) is 0 Å². The smallest absolute Gasteiger partial charge is 0.272 e. The maximum atomic E-state index is 12.2. The minimum atomic E-state index is -3.76. The van der Waals surface area contributed by atoms with Crippen molar-refractivity contribution in [2.24, 2.45) is 0 Å². The van der Waals surface area contributed by atoms with Crippen molar-refractivity contribution in [3.63, 3.8) is 0 Å². The number of aromatic amines is 1. The summed E-state index contributed by atoms with van der Waals surface area (Å²) in [5, 5.41) is 1.66. The molecule has 0 amide bonds. The van der Waals surface area contributed by atoms with Crippen molar-refractivity contribution in [2.75, 3.05) is 4.72 Å². The Morgan fingerprint density at radius 1 is 1.14 bits per heavy atom. The molecular weight excluding hydrogens is 322 g/mol. The molecular formula is C14H11N3O3S2. The molecule has 8 heteroatoms. The highest BCUT2D eigenvalue weighted by atomic mass is 32.2. The van der Waals surface area contributed by atoms with Gasteiger partial charge in [-0.05, 0) is 35.2 Å². The number of hydrogen-bond donors (Lipinski definition) is 2. The second-order valence-electron chi connectivity index (χ2n) is 4.40. The van der Waals surface area contributed by atoms with Crippen LogP contribution in [0.15, 0.2) is 63.3 Å². The van der Waals surface area contributed by atoms with Crippen LogP contribution in [0.25, 0.3) is 11.1 Å². The van der Waals surface area contributed by atoms with Gasteiger partial charge in [0.1, 0.15) is 9.90 Å². The SMILES string of the molecule is O=c1[nH]cc(-c2ccncc2)cc1NS(=O)(=O)c1cccs1. The van der Waals surface area contributed by atoms with Crippen LogP contribution in [0.5, 0.6) is 0 Å². The number of hydrogen-bond acceptors (Lipinski definition) is 5. The third-order valence-corrected chi connectivity index (χ3v) is 5.68. The van der Waals surface area contributed by atoms with Gasteiger partial charge in [-0.25, -0.2) is 8.42 Å². The number of rotatable bonds is 4. The fraction of sp³-hybridized carbons (Fsp3) is 0. The van der Waals surface area contributed by atoms with Gasteiger partial charge in [-0.1, -0.05) is 6.07 Å². The minimum absolute atomic E-state index is 0.0253. The van der Waals surface area contributed by atoms with Gasteiger partial charge in [0.15, 0.2) is 0 Å². The summed E-state index contributed by atoms with van der Waals surface area (Å²) in [5.74, 6) is 0. The van der Waals surface area contributed by atoms with E-state index in [9.17, 15) is 13.2 Å². The zero-order chi connectivity index (χ0) is 15.6. The second kappa shape index (κ2) is 5.74. The molecule has 0 aromatic carbocycles. The molecule has 22 heavy (non-hydrogen) atoms. The monoisotopic (exact) mass is 333 g/mol. The number of H-pyrrole nitrogens is 1. The van der Waals surface area contributed by atoms with Crippen molar-refractivity contribution >= 4 is 27.0 Å². The summed E-state index contributed by atoms with van der Waals surface area (Å²) in [4.78, 5) is 18.3. The van der Waals surface area contributed by atoms with Crippen LogP contribution in [0.4, 0.5) is 5.69 Å². The van der Waals surface area contributed by atoms with Crippen LogP contribution in [0.3, 0.4) is 0 Å². The molecule has 0 atom stereocenters. The molecule has 0 unspecified atom stereocenters. The number of anilines is 1. The number of sulfonamides is 1. The van der Waals surface area contributed by atoms with E-state index in [4.69, 9.17) is 0 Å². The van der Waals surface area contributed by atoms with Gasteiger partial charge < -0.3 is 4.98 Å². The highest BCUT2D eigenvalue weighted by Gasteiger charge is 2.17. The first kappa shape index (κ1) is 14.5. The maximum Gasteiger partial charge on any atom is 0.272 e. The Morgan fingerprint density at radius 3 is 2.59 bits per heavy atom. The molecule has 3 rings (SSSR count). The predicted octanol–water partition coefficient (Wildman–Crippen LogP) is 2.30. The van der Waals surface area contributed by atoms with Crippen molar-refractivity contribution in [3.05, 3.63) is 64.7 Å². The lowest BCUT2D eigenvalue weighted by Gasteiger charge is -2.07. The number of nitrogens with one attached hydrogen (secondary N) is 2. The van der Waals surface area contributed by atoms with E-state index in [2.05, 4.69) is 14.7 Å². The van der Waals surface area contributed by atoms with Crippen molar-refractivity contribution in [1.29, 1.82) is 0 Å². The summed E-state index contributed by atoms with van der Waals surface area (Å²) in [5.41, 5.74) is 0.981. The summed E-state index contributed by atoms with van der Waals surface area (Å²) in [6.45, 7) is 0. The van der Waals surface area contributed by atoms with Crippen LogP contribution >= 0.6 is 11.3 Å². The summed E-state index contributed by atoms with van der Waals surface area (Å²) in [6, 6.07) is 8.15. The molecule has 0 aliphatic carbocycles. The van der Waals surface area contributed by atoms with Gasteiger partial charge in [0.25, 0.3) is 15.6 Å². The lowest BCUT2D eigenvalue weighted by molar-refractivity contribution is 0.603. The molecule has 2 N–H and O–H groups in total. The fourth-order valence-corrected chi connectivity index (χ4v) is 3.93. The zero-order valence-electron chi connectivity index (χ0n) is 11.2. The van der Waals surface area contributed by atoms with Gasteiger partial charge in [-0.15, -0.1) is 11.3 Å². The Kier molecular flexibility index (Phi) is 3.78. The molecule has 0 bridgehead atoms. The predicted molar refractivity (Wildman–Crippen MR) is 85.4 cm³/mol. The first-order chi connectivity index (χ1) is 10.6. The summed E-state index contributed by atoms with van der Waals surface area (Å²) < 4.78 is 26.9.